The van der Waals surface area contributed by atoms with Crippen LogP contribution in [-0.2, 0) is 0 Å². The molecule has 2 rings (SSSR count). The lowest BCUT2D eigenvalue weighted by atomic mass is 9.88. The Morgan fingerprint density at radius 3 is 2.57 bits per heavy atom. The fourth-order valence-corrected chi connectivity index (χ4v) is 3.11. The Hall–Kier alpha value is -1.19. The quantitative estimate of drug-likeness (QED) is 0.796. The Labute approximate surface area is 136 Å². The first-order valence-electron chi connectivity index (χ1n) is 7.52. The number of hydrogen-bond donors (Lipinski definition) is 1. The Morgan fingerprint density at radius 1 is 1.19 bits per heavy atom. The molecular formula is C18H23BrN2. The summed E-state index contributed by atoms with van der Waals surface area (Å²) in [4.78, 5) is 4.12. The first-order chi connectivity index (χ1) is 10.1. The molecule has 0 aliphatic heterocycles. The molecule has 0 saturated carbocycles. The molecule has 0 radical (unpaired) electrons. The molecule has 21 heavy (non-hydrogen) atoms. The average molecular weight is 347 g/mol. The minimum absolute atomic E-state index is 0.293. The predicted octanol–water partition coefficient (Wildman–Crippen LogP) is 5.00. The number of nitrogens with zero attached hydrogens (tertiary/aromatic N) is 1. The second-order valence-corrected chi connectivity index (χ2v) is 6.38. The molecule has 0 aliphatic rings. The molecule has 112 valence electrons. The topological polar surface area (TPSA) is 24.9 Å². The zero-order valence-electron chi connectivity index (χ0n) is 12.9. The second-order valence-electron chi connectivity index (χ2n) is 5.53. The van der Waals surface area contributed by atoms with Crippen molar-refractivity contribution < 1.29 is 0 Å². The first kappa shape index (κ1) is 16.2. The molecule has 0 aliphatic carbocycles. The molecule has 0 bridgehead atoms. The van der Waals surface area contributed by atoms with E-state index in [9.17, 15) is 0 Å². The molecule has 0 amide bonds. The molecule has 1 aromatic heterocycles. The van der Waals surface area contributed by atoms with Crippen LogP contribution in [0.2, 0.25) is 0 Å². The minimum atomic E-state index is 0.293. The van der Waals surface area contributed by atoms with Gasteiger partial charge in [0.15, 0.2) is 0 Å². The average Bonchev–Trinajstić information content (AvgIpc) is 2.51. The van der Waals surface area contributed by atoms with Crippen LogP contribution >= 0.6 is 15.9 Å². The standard InChI is InChI=1S/C18H23BrN2/c1-4-9-21-18(14(3)15-7-10-20-11-8-15)16-12-13(2)5-6-17(16)19/h5-8,10-12,14,18,21H,4,9H2,1-3H3. The van der Waals surface area contributed by atoms with Crippen LogP contribution in [0.15, 0.2) is 47.2 Å². The summed E-state index contributed by atoms with van der Waals surface area (Å²) in [6, 6.07) is 11.1. The third kappa shape index (κ3) is 4.14. The van der Waals surface area contributed by atoms with Crippen molar-refractivity contribution in [3.05, 3.63) is 63.9 Å². The molecule has 1 aromatic carbocycles. The highest BCUT2D eigenvalue weighted by molar-refractivity contribution is 9.10. The first-order valence-corrected chi connectivity index (χ1v) is 8.32. The lowest BCUT2D eigenvalue weighted by Gasteiger charge is -2.27. The number of pyridine rings is 1. The van der Waals surface area contributed by atoms with E-state index < -0.39 is 0 Å². The smallest absolute Gasteiger partial charge is 0.0398 e. The van der Waals surface area contributed by atoms with Gasteiger partial charge in [0.25, 0.3) is 0 Å². The summed E-state index contributed by atoms with van der Waals surface area (Å²) in [5, 5.41) is 3.70. The van der Waals surface area contributed by atoms with Crippen molar-refractivity contribution in [2.45, 2.75) is 39.2 Å². The molecule has 0 spiro atoms. The third-order valence-corrected chi connectivity index (χ3v) is 4.55. The van der Waals surface area contributed by atoms with E-state index in [1.54, 1.807) is 0 Å². The van der Waals surface area contributed by atoms with Gasteiger partial charge in [-0.2, -0.15) is 0 Å². The van der Waals surface area contributed by atoms with Crippen molar-refractivity contribution in [2.75, 3.05) is 6.54 Å². The number of hydrogen-bond acceptors (Lipinski definition) is 2. The summed E-state index contributed by atoms with van der Waals surface area (Å²) in [7, 11) is 0. The maximum Gasteiger partial charge on any atom is 0.0398 e. The van der Waals surface area contributed by atoms with Gasteiger partial charge in [0.05, 0.1) is 0 Å². The van der Waals surface area contributed by atoms with Gasteiger partial charge in [0.1, 0.15) is 0 Å². The number of nitrogens with one attached hydrogen (secondary N) is 1. The van der Waals surface area contributed by atoms with Crippen LogP contribution in [0.25, 0.3) is 0 Å². The van der Waals surface area contributed by atoms with Crippen LogP contribution in [0.3, 0.4) is 0 Å². The maximum absolute atomic E-state index is 4.12. The highest BCUT2D eigenvalue weighted by Gasteiger charge is 2.22. The maximum atomic E-state index is 4.12. The third-order valence-electron chi connectivity index (χ3n) is 3.83. The Balaban J connectivity index is 2.36. The van der Waals surface area contributed by atoms with E-state index in [0.717, 1.165) is 13.0 Å². The van der Waals surface area contributed by atoms with Gasteiger partial charge in [0.2, 0.25) is 0 Å². The van der Waals surface area contributed by atoms with E-state index >= 15 is 0 Å². The van der Waals surface area contributed by atoms with Gasteiger partial charge in [-0.3, -0.25) is 4.98 Å². The zero-order chi connectivity index (χ0) is 15.2. The molecule has 2 aromatic rings. The van der Waals surface area contributed by atoms with Gasteiger partial charge < -0.3 is 5.32 Å². The largest absolute Gasteiger partial charge is 0.309 e. The SMILES string of the molecule is CCCNC(c1cc(C)ccc1Br)C(C)c1ccncc1. The van der Waals surface area contributed by atoms with Gasteiger partial charge in [0, 0.05) is 28.8 Å². The normalized spacial score (nSPS) is 13.9. The predicted molar refractivity (Wildman–Crippen MR) is 92.6 cm³/mol. The Bertz CT molecular complexity index is 569. The Morgan fingerprint density at radius 2 is 1.90 bits per heavy atom. The number of aryl methyl sites for hydroxylation is 1. The van der Waals surface area contributed by atoms with Crippen LogP contribution < -0.4 is 5.32 Å². The van der Waals surface area contributed by atoms with Crippen molar-refractivity contribution in [3.63, 3.8) is 0 Å². The van der Waals surface area contributed by atoms with Crippen molar-refractivity contribution in [2.24, 2.45) is 0 Å². The summed E-state index contributed by atoms with van der Waals surface area (Å²) in [5.41, 5.74) is 3.93. The van der Waals surface area contributed by atoms with Crippen LogP contribution in [0.1, 0.15) is 48.9 Å². The van der Waals surface area contributed by atoms with Crippen molar-refractivity contribution in [3.8, 4) is 0 Å². The number of benzene rings is 1. The van der Waals surface area contributed by atoms with E-state index in [1.165, 1.54) is 21.2 Å². The summed E-state index contributed by atoms with van der Waals surface area (Å²) in [6.07, 6.45) is 4.87. The molecule has 1 heterocycles. The van der Waals surface area contributed by atoms with Crippen LogP contribution in [-0.4, -0.2) is 11.5 Å². The summed E-state index contributed by atoms with van der Waals surface area (Å²) >= 11 is 3.71. The van der Waals surface area contributed by atoms with Crippen LogP contribution in [0.4, 0.5) is 0 Å². The van der Waals surface area contributed by atoms with Crippen LogP contribution in [0, 0.1) is 6.92 Å². The van der Waals surface area contributed by atoms with E-state index in [1.807, 2.05) is 12.4 Å². The van der Waals surface area contributed by atoms with Gasteiger partial charge in [-0.15, -0.1) is 0 Å². The second kappa shape index (κ2) is 7.71. The van der Waals surface area contributed by atoms with E-state index in [4.69, 9.17) is 0 Å². The molecule has 3 heteroatoms. The molecule has 1 N–H and O–H groups in total. The highest BCUT2D eigenvalue weighted by atomic mass is 79.9. The summed E-state index contributed by atoms with van der Waals surface area (Å²) < 4.78 is 1.17. The number of rotatable bonds is 6. The molecule has 0 saturated heterocycles. The van der Waals surface area contributed by atoms with E-state index in [-0.39, 0.29) is 0 Å². The van der Waals surface area contributed by atoms with Gasteiger partial charge in [-0.05, 0) is 49.2 Å². The van der Waals surface area contributed by atoms with E-state index in [2.05, 4.69) is 77.3 Å². The molecular weight excluding hydrogens is 324 g/mol. The molecule has 2 unspecified atom stereocenters. The monoisotopic (exact) mass is 346 g/mol. The van der Waals surface area contributed by atoms with E-state index in [0.29, 0.717) is 12.0 Å². The number of aromatic nitrogens is 1. The molecule has 2 nitrogen and oxygen atoms in total. The van der Waals surface area contributed by atoms with Crippen molar-refractivity contribution >= 4 is 15.9 Å². The van der Waals surface area contributed by atoms with Gasteiger partial charge >= 0.3 is 0 Å². The summed E-state index contributed by atoms with van der Waals surface area (Å²) in [6.45, 7) is 7.63. The Kier molecular flexibility index (Phi) is 5.95. The minimum Gasteiger partial charge on any atom is -0.309 e. The van der Waals surface area contributed by atoms with Crippen molar-refractivity contribution in [1.29, 1.82) is 0 Å². The summed E-state index contributed by atoms with van der Waals surface area (Å²) in [5.74, 6) is 0.387. The zero-order valence-corrected chi connectivity index (χ0v) is 14.5. The van der Waals surface area contributed by atoms with Crippen LogP contribution in [0.5, 0.6) is 0 Å². The van der Waals surface area contributed by atoms with Crippen molar-refractivity contribution in [1.82, 2.24) is 10.3 Å². The molecule has 0 fully saturated rings. The van der Waals surface area contributed by atoms with Gasteiger partial charge in [-0.25, -0.2) is 0 Å². The highest BCUT2D eigenvalue weighted by Crippen LogP contribution is 2.34. The van der Waals surface area contributed by atoms with Gasteiger partial charge in [-0.1, -0.05) is 47.5 Å². The number of halogens is 1. The lowest BCUT2D eigenvalue weighted by Crippen LogP contribution is -2.27. The lowest BCUT2D eigenvalue weighted by molar-refractivity contribution is 0.464. The fourth-order valence-electron chi connectivity index (χ4n) is 2.62. The molecule has 2 atom stereocenters. The fraction of sp³-hybridized carbons (Fsp3) is 0.389.